The molecule has 1 aliphatic rings. The van der Waals surface area contributed by atoms with Gasteiger partial charge in [-0.05, 0) is 50.2 Å². The molecule has 136 valence electrons. The molecular weight excluding hydrogens is 391 g/mol. The zero-order valence-corrected chi connectivity index (χ0v) is 16.6. The fourth-order valence-corrected chi connectivity index (χ4v) is 4.87. The van der Waals surface area contributed by atoms with Crippen molar-refractivity contribution in [1.29, 1.82) is 0 Å². The number of thioether (sulfide) groups is 1. The molecule has 0 aromatic heterocycles. The van der Waals surface area contributed by atoms with Crippen LogP contribution in [0.3, 0.4) is 0 Å². The van der Waals surface area contributed by atoms with E-state index in [9.17, 15) is 13.2 Å². The first-order valence-electron chi connectivity index (χ1n) is 7.42. The highest BCUT2D eigenvalue weighted by Crippen LogP contribution is 2.28. The summed E-state index contributed by atoms with van der Waals surface area (Å²) in [7, 11) is -3.45. The van der Waals surface area contributed by atoms with Gasteiger partial charge < -0.3 is 10.6 Å². The molecule has 0 aliphatic carbocycles. The van der Waals surface area contributed by atoms with E-state index in [0.717, 1.165) is 11.2 Å². The highest BCUT2D eigenvalue weighted by molar-refractivity contribution is 7.99. The van der Waals surface area contributed by atoms with Gasteiger partial charge in [0.15, 0.2) is 14.6 Å². The molecule has 2 rings (SSSR count). The number of hydrogen-bond acceptors (Lipinski definition) is 5. The lowest BCUT2D eigenvalue weighted by Gasteiger charge is -2.34. The first kappa shape index (κ1) is 21.6. The highest BCUT2D eigenvalue weighted by Gasteiger charge is 2.48. The van der Waals surface area contributed by atoms with Gasteiger partial charge in [0.1, 0.15) is 0 Å². The van der Waals surface area contributed by atoms with Gasteiger partial charge in [-0.25, -0.2) is 8.42 Å². The molecule has 0 spiro atoms. The Labute approximate surface area is 158 Å². The molecule has 1 aliphatic heterocycles. The van der Waals surface area contributed by atoms with Crippen molar-refractivity contribution < 1.29 is 13.2 Å². The first-order chi connectivity index (χ1) is 10.8. The zero-order chi connectivity index (χ0) is 16.9. The minimum absolute atomic E-state index is 0. The Kier molecular flexibility index (Phi) is 8.35. The van der Waals surface area contributed by atoms with Gasteiger partial charge >= 0.3 is 0 Å². The fourth-order valence-electron chi connectivity index (χ4n) is 2.62. The Balaban J connectivity index is 0.00000288. The maximum absolute atomic E-state index is 12.5. The summed E-state index contributed by atoms with van der Waals surface area (Å²) >= 11 is 7.42. The second-order valence-corrected chi connectivity index (χ2v) is 9.51. The highest BCUT2D eigenvalue weighted by atomic mass is 35.5. The van der Waals surface area contributed by atoms with Gasteiger partial charge in [0.2, 0.25) is 5.91 Å². The fraction of sp³-hybridized carbons (Fsp3) is 0.533. The van der Waals surface area contributed by atoms with E-state index in [2.05, 4.69) is 10.6 Å². The summed E-state index contributed by atoms with van der Waals surface area (Å²) in [5.74, 6) is 0.295. The third kappa shape index (κ3) is 5.26. The zero-order valence-electron chi connectivity index (χ0n) is 13.4. The lowest BCUT2D eigenvalue weighted by atomic mass is 9.96. The molecule has 1 aromatic rings. The van der Waals surface area contributed by atoms with Crippen LogP contribution in [0.25, 0.3) is 0 Å². The van der Waals surface area contributed by atoms with Crippen LogP contribution in [0.2, 0.25) is 5.02 Å². The van der Waals surface area contributed by atoms with Gasteiger partial charge in [0.25, 0.3) is 0 Å². The van der Waals surface area contributed by atoms with E-state index in [-0.39, 0.29) is 18.3 Å². The second kappa shape index (κ2) is 9.29. The second-order valence-electron chi connectivity index (χ2n) is 5.57. The van der Waals surface area contributed by atoms with Crippen LogP contribution >= 0.6 is 35.8 Å². The lowest BCUT2D eigenvalue weighted by molar-refractivity contribution is -0.124. The molecule has 0 unspecified atom stereocenters. The quantitative estimate of drug-likeness (QED) is 0.552. The van der Waals surface area contributed by atoms with Gasteiger partial charge in [-0.3, -0.25) is 4.79 Å². The molecular formula is C15H22Cl2N2O3S2. The summed E-state index contributed by atoms with van der Waals surface area (Å²) in [6, 6.07) is 7.46. The minimum Gasteiger partial charge on any atom is -0.354 e. The molecule has 0 radical (unpaired) electrons. The SMILES string of the molecule is CS(=O)(=O)C1(C(=O)NCCSc2ccc(Cl)cc2)CCNCC1.Cl. The molecule has 1 fully saturated rings. The Bertz CT molecular complexity index is 645. The number of halogens is 2. The Morgan fingerprint density at radius 1 is 1.29 bits per heavy atom. The summed E-state index contributed by atoms with van der Waals surface area (Å²) in [5.41, 5.74) is 0. The van der Waals surface area contributed by atoms with E-state index in [0.29, 0.717) is 43.3 Å². The normalized spacial score (nSPS) is 16.9. The Morgan fingerprint density at radius 2 is 1.88 bits per heavy atom. The van der Waals surface area contributed by atoms with Crippen LogP contribution in [-0.4, -0.2) is 50.7 Å². The number of hydrogen-bond donors (Lipinski definition) is 2. The molecule has 0 bridgehead atoms. The summed E-state index contributed by atoms with van der Waals surface area (Å²) in [4.78, 5) is 13.5. The summed E-state index contributed by atoms with van der Waals surface area (Å²) < 4.78 is 23.0. The van der Waals surface area contributed by atoms with Crippen LogP contribution in [0, 0.1) is 0 Å². The lowest BCUT2D eigenvalue weighted by Crippen LogP contribution is -2.57. The summed E-state index contributed by atoms with van der Waals surface area (Å²) in [6.07, 6.45) is 1.80. The van der Waals surface area contributed by atoms with Crippen LogP contribution in [0.4, 0.5) is 0 Å². The number of sulfone groups is 1. The molecule has 1 aromatic carbocycles. The number of carbonyl (C=O) groups excluding carboxylic acids is 1. The molecule has 5 nitrogen and oxygen atoms in total. The van der Waals surface area contributed by atoms with Crippen molar-refractivity contribution in [2.24, 2.45) is 0 Å². The third-order valence-electron chi connectivity index (χ3n) is 4.00. The van der Waals surface area contributed by atoms with Crippen molar-refractivity contribution in [2.45, 2.75) is 22.5 Å². The summed E-state index contributed by atoms with van der Waals surface area (Å²) in [5, 5.41) is 6.57. The molecule has 24 heavy (non-hydrogen) atoms. The molecule has 9 heteroatoms. The maximum Gasteiger partial charge on any atom is 0.241 e. The molecule has 0 saturated carbocycles. The monoisotopic (exact) mass is 412 g/mol. The molecule has 1 saturated heterocycles. The topological polar surface area (TPSA) is 75.3 Å². The number of rotatable bonds is 6. The van der Waals surface area contributed by atoms with Crippen molar-refractivity contribution in [3.63, 3.8) is 0 Å². The molecule has 0 atom stereocenters. The number of piperidine rings is 1. The predicted molar refractivity (Wildman–Crippen MR) is 102 cm³/mol. The minimum atomic E-state index is -3.45. The number of benzene rings is 1. The largest absolute Gasteiger partial charge is 0.354 e. The number of carbonyl (C=O) groups is 1. The van der Waals surface area contributed by atoms with E-state index < -0.39 is 14.6 Å². The Hall–Kier alpha value is -0.470. The van der Waals surface area contributed by atoms with Gasteiger partial charge in [0.05, 0.1) is 0 Å². The van der Waals surface area contributed by atoms with Crippen molar-refractivity contribution in [3.05, 3.63) is 29.3 Å². The van der Waals surface area contributed by atoms with Crippen LogP contribution < -0.4 is 10.6 Å². The molecule has 2 N–H and O–H groups in total. The average Bonchev–Trinajstić information content (AvgIpc) is 2.52. The van der Waals surface area contributed by atoms with Crippen molar-refractivity contribution in [3.8, 4) is 0 Å². The predicted octanol–water partition coefficient (Wildman–Crippen LogP) is 2.14. The van der Waals surface area contributed by atoms with Crippen LogP contribution in [0.1, 0.15) is 12.8 Å². The van der Waals surface area contributed by atoms with E-state index >= 15 is 0 Å². The van der Waals surface area contributed by atoms with E-state index in [1.165, 1.54) is 0 Å². The van der Waals surface area contributed by atoms with E-state index in [4.69, 9.17) is 11.6 Å². The summed E-state index contributed by atoms with van der Waals surface area (Å²) in [6.45, 7) is 1.51. The van der Waals surface area contributed by atoms with Gasteiger partial charge in [0, 0.05) is 28.5 Å². The van der Waals surface area contributed by atoms with E-state index in [1.807, 2.05) is 24.3 Å². The van der Waals surface area contributed by atoms with Gasteiger partial charge in [-0.1, -0.05) is 11.6 Å². The average molecular weight is 413 g/mol. The molecule has 1 amide bonds. The maximum atomic E-state index is 12.5. The first-order valence-corrected chi connectivity index (χ1v) is 10.7. The molecule has 1 heterocycles. The smallest absolute Gasteiger partial charge is 0.241 e. The standard InChI is InChI=1S/C15H21ClN2O3S2.ClH/c1-23(20,21)15(6-8-17-9-7-15)14(19)18-10-11-22-13-4-2-12(16)3-5-13;/h2-5,17H,6-11H2,1H3,(H,18,19);1H. The third-order valence-corrected chi connectivity index (χ3v) is 7.28. The van der Waals surface area contributed by atoms with Crippen LogP contribution in [0.15, 0.2) is 29.2 Å². The van der Waals surface area contributed by atoms with Gasteiger partial charge in [-0.15, -0.1) is 24.2 Å². The van der Waals surface area contributed by atoms with Gasteiger partial charge in [-0.2, -0.15) is 0 Å². The van der Waals surface area contributed by atoms with Crippen molar-refractivity contribution in [1.82, 2.24) is 10.6 Å². The van der Waals surface area contributed by atoms with Crippen molar-refractivity contribution >= 4 is 51.5 Å². The van der Waals surface area contributed by atoms with Crippen molar-refractivity contribution in [2.75, 3.05) is 31.6 Å². The number of amides is 1. The Morgan fingerprint density at radius 3 is 2.42 bits per heavy atom. The van der Waals surface area contributed by atoms with Crippen LogP contribution in [-0.2, 0) is 14.6 Å². The number of nitrogens with one attached hydrogen (secondary N) is 2. The van der Waals surface area contributed by atoms with Crippen LogP contribution in [0.5, 0.6) is 0 Å². The van der Waals surface area contributed by atoms with E-state index in [1.54, 1.807) is 11.8 Å².